The minimum atomic E-state index is -3.46. The van der Waals surface area contributed by atoms with Crippen LogP contribution in [0.2, 0.25) is 0 Å². The van der Waals surface area contributed by atoms with Gasteiger partial charge in [0.15, 0.2) is 5.03 Å². The molecule has 0 saturated carbocycles. The first-order chi connectivity index (χ1) is 7.18. The van der Waals surface area contributed by atoms with Gasteiger partial charge in [0.25, 0.3) is 10.0 Å². The Morgan fingerprint density at radius 2 is 2.33 bits per heavy atom. The summed E-state index contributed by atoms with van der Waals surface area (Å²) in [6.45, 7) is 0.296. The van der Waals surface area contributed by atoms with Gasteiger partial charge in [0, 0.05) is 6.54 Å². The van der Waals surface area contributed by atoms with Crippen molar-refractivity contribution in [1.29, 1.82) is 0 Å². The zero-order valence-electron chi connectivity index (χ0n) is 7.67. The van der Waals surface area contributed by atoms with Gasteiger partial charge in [-0.3, -0.25) is 5.10 Å². The summed E-state index contributed by atoms with van der Waals surface area (Å²) in [7, 11) is -3.46. The highest BCUT2D eigenvalue weighted by atomic mass is 32.2. The van der Waals surface area contributed by atoms with Crippen LogP contribution in [-0.4, -0.2) is 18.6 Å². The van der Waals surface area contributed by atoms with Crippen molar-refractivity contribution in [2.45, 2.75) is 11.6 Å². The van der Waals surface area contributed by atoms with Gasteiger partial charge in [0.05, 0.1) is 6.20 Å². The van der Waals surface area contributed by atoms with Gasteiger partial charge in [-0.05, 0) is 28.5 Å². The maximum Gasteiger partial charge on any atom is 0.257 e. The average molecular weight is 243 g/mol. The maximum atomic E-state index is 11.6. The smallest absolute Gasteiger partial charge is 0.257 e. The number of sulfonamides is 1. The Balaban J connectivity index is 2.06. The van der Waals surface area contributed by atoms with Gasteiger partial charge in [-0.25, -0.2) is 13.1 Å². The molecule has 5 nitrogen and oxygen atoms in total. The third-order valence-electron chi connectivity index (χ3n) is 1.81. The number of thiophene rings is 1. The minimum absolute atomic E-state index is 0.0812. The molecule has 0 fully saturated rings. The van der Waals surface area contributed by atoms with Gasteiger partial charge >= 0.3 is 0 Å². The fourth-order valence-corrected chi connectivity index (χ4v) is 2.64. The van der Waals surface area contributed by atoms with Crippen LogP contribution < -0.4 is 4.72 Å². The highest BCUT2D eigenvalue weighted by molar-refractivity contribution is 7.89. The van der Waals surface area contributed by atoms with Crippen LogP contribution in [0.5, 0.6) is 0 Å². The van der Waals surface area contributed by atoms with Crippen molar-refractivity contribution < 1.29 is 8.42 Å². The van der Waals surface area contributed by atoms with Gasteiger partial charge in [0.2, 0.25) is 0 Å². The van der Waals surface area contributed by atoms with Gasteiger partial charge in [-0.1, -0.05) is 0 Å². The summed E-state index contributed by atoms with van der Waals surface area (Å²) in [4.78, 5) is 0. The molecular formula is C8H9N3O2S2. The van der Waals surface area contributed by atoms with E-state index in [1.165, 1.54) is 23.6 Å². The van der Waals surface area contributed by atoms with Crippen LogP contribution in [0.25, 0.3) is 0 Å². The second-order valence-corrected chi connectivity index (χ2v) is 5.39. The molecule has 0 unspecified atom stereocenters. The predicted octanol–water partition coefficient (Wildman–Crippen LogP) is 0.950. The van der Waals surface area contributed by atoms with E-state index in [1.807, 2.05) is 16.8 Å². The number of aromatic nitrogens is 2. The first-order valence-corrected chi connectivity index (χ1v) is 6.61. The van der Waals surface area contributed by atoms with E-state index in [4.69, 9.17) is 0 Å². The third-order valence-corrected chi connectivity index (χ3v) is 3.87. The summed E-state index contributed by atoms with van der Waals surface area (Å²) >= 11 is 1.53. The van der Waals surface area contributed by atoms with E-state index in [1.54, 1.807) is 0 Å². The summed E-state index contributed by atoms with van der Waals surface area (Å²) < 4.78 is 25.7. The summed E-state index contributed by atoms with van der Waals surface area (Å²) in [5.41, 5.74) is 0.947. The Kier molecular flexibility index (Phi) is 2.85. The normalized spacial score (nSPS) is 11.7. The Bertz CT molecular complexity index is 502. The van der Waals surface area contributed by atoms with Crippen LogP contribution in [0.4, 0.5) is 0 Å². The summed E-state index contributed by atoms with van der Waals surface area (Å²) in [6.07, 6.45) is 1.40. The summed E-state index contributed by atoms with van der Waals surface area (Å²) in [5.74, 6) is 0. The molecule has 15 heavy (non-hydrogen) atoms. The number of rotatable bonds is 4. The molecule has 0 aromatic carbocycles. The topological polar surface area (TPSA) is 74.8 Å². The number of aromatic amines is 1. The van der Waals surface area contributed by atoms with E-state index in [-0.39, 0.29) is 5.03 Å². The lowest BCUT2D eigenvalue weighted by atomic mass is 10.4. The van der Waals surface area contributed by atoms with E-state index >= 15 is 0 Å². The van der Waals surface area contributed by atoms with Crippen molar-refractivity contribution >= 4 is 21.4 Å². The highest BCUT2D eigenvalue weighted by Crippen LogP contribution is 2.08. The monoisotopic (exact) mass is 243 g/mol. The van der Waals surface area contributed by atoms with Crippen LogP contribution in [0.1, 0.15) is 5.56 Å². The summed E-state index contributed by atoms with van der Waals surface area (Å²) in [6, 6.07) is 3.29. The lowest BCUT2D eigenvalue weighted by molar-refractivity contribution is 0.577. The van der Waals surface area contributed by atoms with Crippen LogP contribution in [-0.2, 0) is 16.6 Å². The molecule has 0 atom stereocenters. The number of hydrogen-bond donors (Lipinski definition) is 2. The van der Waals surface area contributed by atoms with Crippen molar-refractivity contribution in [2.75, 3.05) is 0 Å². The SMILES string of the molecule is O=S(=O)(NCc1ccsc1)c1ccn[nH]1. The second-order valence-electron chi connectivity index (χ2n) is 2.88. The van der Waals surface area contributed by atoms with Gasteiger partial charge in [-0.15, -0.1) is 0 Å². The van der Waals surface area contributed by atoms with Crippen molar-refractivity contribution in [3.63, 3.8) is 0 Å². The van der Waals surface area contributed by atoms with Gasteiger partial charge in [-0.2, -0.15) is 16.4 Å². The molecule has 0 aliphatic carbocycles. The maximum absolute atomic E-state index is 11.6. The lowest BCUT2D eigenvalue weighted by Gasteiger charge is -2.02. The molecule has 2 aromatic heterocycles. The lowest BCUT2D eigenvalue weighted by Crippen LogP contribution is -2.23. The van der Waals surface area contributed by atoms with Crippen molar-refractivity contribution in [3.05, 3.63) is 34.7 Å². The molecule has 2 aromatic rings. The highest BCUT2D eigenvalue weighted by Gasteiger charge is 2.14. The molecule has 2 heterocycles. The molecule has 0 saturated heterocycles. The Morgan fingerprint density at radius 1 is 1.47 bits per heavy atom. The molecule has 0 aliphatic heterocycles. The molecule has 0 amide bonds. The van der Waals surface area contributed by atoms with Gasteiger partial charge in [0.1, 0.15) is 0 Å². The Morgan fingerprint density at radius 3 is 2.93 bits per heavy atom. The van der Waals surface area contributed by atoms with Crippen molar-refractivity contribution in [2.24, 2.45) is 0 Å². The molecule has 0 bridgehead atoms. The molecule has 0 aliphatic rings. The van der Waals surface area contributed by atoms with Crippen LogP contribution in [0, 0.1) is 0 Å². The third kappa shape index (κ3) is 2.44. The first-order valence-electron chi connectivity index (χ1n) is 4.18. The fraction of sp³-hybridized carbons (Fsp3) is 0.125. The predicted molar refractivity (Wildman–Crippen MR) is 56.9 cm³/mol. The number of nitrogens with zero attached hydrogens (tertiary/aromatic N) is 1. The Labute approximate surface area is 91.2 Å². The van der Waals surface area contributed by atoms with Gasteiger partial charge < -0.3 is 0 Å². The molecule has 2 N–H and O–H groups in total. The summed E-state index contributed by atoms with van der Waals surface area (Å²) in [5, 5.41) is 9.88. The van der Waals surface area contributed by atoms with E-state index in [9.17, 15) is 8.42 Å². The van der Waals surface area contributed by atoms with Crippen LogP contribution in [0.15, 0.2) is 34.1 Å². The zero-order chi connectivity index (χ0) is 10.7. The largest absolute Gasteiger partial charge is 0.266 e. The number of hydrogen-bond acceptors (Lipinski definition) is 4. The molecule has 2 rings (SSSR count). The second kappa shape index (κ2) is 4.13. The van der Waals surface area contributed by atoms with E-state index in [0.717, 1.165) is 5.56 Å². The fourth-order valence-electron chi connectivity index (χ4n) is 1.04. The minimum Gasteiger partial charge on any atom is -0.266 e. The standard InChI is InChI=1S/C8H9N3O2S2/c12-15(13,8-1-3-9-11-8)10-5-7-2-4-14-6-7/h1-4,6,10H,5H2,(H,9,11). The van der Waals surface area contributed by atoms with Crippen molar-refractivity contribution in [1.82, 2.24) is 14.9 Å². The number of H-pyrrole nitrogens is 1. The molecule has 7 heteroatoms. The molecule has 0 radical (unpaired) electrons. The molecule has 80 valence electrons. The Hall–Kier alpha value is -1.18. The van der Waals surface area contributed by atoms with Crippen LogP contribution in [0.3, 0.4) is 0 Å². The zero-order valence-corrected chi connectivity index (χ0v) is 9.31. The van der Waals surface area contributed by atoms with Crippen molar-refractivity contribution in [3.8, 4) is 0 Å². The quantitative estimate of drug-likeness (QED) is 0.839. The average Bonchev–Trinajstić information content (AvgIpc) is 2.88. The van der Waals surface area contributed by atoms with E-state index < -0.39 is 10.0 Å². The first kappa shape index (κ1) is 10.3. The van der Waals surface area contributed by atoms with E-state index in [2.05, 4.69) is 14.9 Å². The molecular weight excluding hydrogens is 234 g/mol. The molecule has 0 spiro atoms. The number of nitrogens with one attached hydrogen (secondary N) is 2. The van der Waals surface area contributed by atoms with Crippen LogP contribution >= 0.6 is 11.3 Å². The van der Waals surface area contributed by atoms with E-state index in [0.29, 0.717) is 6.54 Å².